The molecule has 0 spiro atoms. The first-order valence-corrected chi connectivity index (χ1v) is 7.52. The van der Waals surface area contributed by atoms with E-state index in [0.29, 0.717) is 0 Å². The number of rotatable bonds is 6. The second kappa shape index (κ2) is 6.71. The van der Waals surface area contributed by atoms with Gasteiger partial charge in [-0.1, -0.05) is 13.0 Å². The SMILES string of the molecule is CCCN(CC(F)(F)F)S(=O)(=O)c1ccc(CO)cc1F. The third-order valence-corrected chi connectivity index (χ3v) is 4.50. The van der Waals surface area contributed by atoms with Crippen LogP contribution in [-0.4, -0.2) is 37.1 Å². The topological polar surface area (TPSA) is 57.6 Å². The number of sulfonamides is 1. The first-order chi connectivity index (χ1) is 9.61. The highest BCUT2D eigenvalue weighted by Crippen LogP contribution is 2.25. The van der Waals surface area contributed by atoms with Gasteiger partial charge in [0.1, 0.15) is 17.3 Å². The summed E-state index contributed by atoms with van der Waals surface area (Å²) in [5.41, 5.74) is 0.129. The van der Waals surface area contributed by atoms with Crippen molar-refractivity contribution in [1.82, 2.24) is 4.31 Å². The van der Waals surface area contributed by atoms with E-state index in [4.69, 9.17) is 5.11 Å². The van der Waals surface area contributed by atoms with Crippen LogP contribution in [0, 0.1) is 5.82 Å². The molecule has 1 N–H and O–H groups in total. The molecule has 0 aliphatic rings. The molecule has 1 rings (SSSR count). The van der Waals surface area contributed by atoms with Gasteiger partial charge in [0.2, 0.25) is 10.0 Å². The van der Waals surface area contributed by atoms with Crippen molar-refractivity contribution in [1.29, 1.82) is 0 Å². The summed E-state index contributed by atoms with van der Waals surface area (Å²) in [5, 5.41) is 8.83. The lowest BCUT2D eigenvalue weighted by atomic mass is 10.2. The molecule has 0 heterocycles. The molecule has 0 amide bonds. The van der Waals surface area contributed by atoms with Gasteiger partial charge in [0, 0.05) is 6.54 Å². The number of halogens is 4. The molecule has 120 valence electrons. The summed E-state index contributed by atoms with van der Waals surface area (Å²) in [6, 6.07) is 2.79. The fourth-order valence-electron chi connectivity index (χ4n) is 1.72. The minimum absolute atomic E-state index is 0.129. The molecule has 0 bridgehead atoms. The molecule has 0 fully saturated rings. The maximum Gasteiger partial charge on any atom is 0.402 e. The summed E-state index contributed by atoms with van der Waals surface area (Å²) in [6.45, 7) is -1.03. The molecule has 0 atom stereocenters. The Kier molecular flexibility index (Phi) is 5.71. The Morgan fingerprint density at radius 2 is 1.90 bits per heavy atom. The van der Waals surface area contributed by atoms with E-state index in [1.165, 1.54) is 6.92 Å². The Morgan fingerprint density at radius 3 is 2.33 bits per heavy atom. The number of hydrogen-bond donors (Lipinski definition) is 1. The highest BCUT2D eigenvalue weighted by atomic mass is 32.2. The highest BCUT2D eigenvalue weighted by Gasteiger charge is 2.37. The Labute approximate surface area is 120 Å². The Bertz CT molecular complexity index is 587. The van der Waals surface area contributed by atoms with Crippen LogP contribution in [0.25, 0.3) is 0 Å². The van der Waals surface area contributed by atoms with Crippen molar-refractivity contribution >= 4 is 10.0 Å². The van der Waals surface area contributed by atoms with E-state index in [1.54, 1.807) is 0 Å². The zero-order valence-electron chi connectivity index (χ0n) is 11.2. The van der Waals surface area contributed by atoms with Crippen LogP contribution in [0.3, 0.4) is 0 Å². The number of aliphatic hydroxyl groups is 1. The van der Waals surface area contributed by atoms with E-state index in [2.05, 4.69) is 0 Å². The zero-order chi connectivity index (χ0) is 16.3. The lowest BCUT2D eigenvalue weighted by molar-refractivity contribution is -0.136. The Hall–Kier alpha value is -1.19. The third-order valence-electron chi connectivity index (χ3n) is 2.63. The molecule has 1 aromatic rings. The first kappa shape index (κ1) is 17.9. The summed E-state index contributed by atoms with van der Waals surface area (Å²) < 4.78 is 75.6. The van der Waals surface area contributed by atoms with Crippen LogP contribution >= 0.6 is 0 Å². The number of alkyl halides is 3. The van der Waals surface area contributed by atoms with Crippen molar-refractivity contribution in [2.45, 2.75) is 31.0 Å². The van der Waals surface area contributed by atoms with Gasteiger partial charge in [-0.3, -0.25) is 0 Å². The Balaban J connectivity index is 3.22. The van der Waals surface area contributed by atoms with Crippen LogP contribution in [0.1, 0.15) is 18.9 Å². The molecule has 0 aromatic heterocycles. The van der Waals surface area contributed by atoms with Crippen molar-refractivity contribution in [3.05, 3.63) is 29.6 Å². The Morgan fingerprint density at radius 1 is 1.29 bits per heavy atom. The van der Waals surface area contributed by atoms with E-state index in [0.717, 1.165) is 18.2 Å². The first-order valence-electron chi connectivity index (χ1n) is 6.08. The molecule has 0 aliphatic heterocycles. The van der Waals surface area contributed by atoms with E-state index in [1.807, 2.05) is 0 Å². The van der Waals surface area contributed by atoms with Gasteiger partial charge in [0.25, 0.3) is 0 Å². The van der Waals surface area contributed by atoms with Crippen LogP contribution in [0.2, 0.25) is 0 Å². The van der Waals surface area contributed by atoms with Crippen LogP contribution in [0.4, 0.5) is 17.6 Å². The van der Waals surface area contributed by atoms with Gasteiger partial charge >= 0.3 is 6.18 Å². The number of aliphatic hydroxyl groups excluding tert-OH is 1. The summed E-state index contributed by atoms with van der Waals surface area (Å²) in [5.74, 6) is -1.19. The molecule has 0 saturated heterocycles. The third kappa shape index (κ3) is 4.65. The monoisotopic (exact) mass is 329 g/mol. The van der Waals surface area contributed by atoms with Gasteiger partial charge in [-0.25, -0.2) is 12.8 Å². The lowest BCUT2D eigenvalue weighted by Gasteiger charge is -2.23. The smallest absolute Gasteiger partial charge is 0.392 e. The maximum atomic E-state index is 13.8. The van der Waals surface area contributed by atoms with Crippen LogP contribution in [0.15, 0.2) is 23.1 Å². The lowest BCUT2D eigenvalue weighted by Crippen LogP contribution is -2.39. The van der Waals surface area contributed by atoms with Crippen molar-refractivity contribution in [3.8, 4) is 0 Å². The quantitative estimate of drug-likeness (QED) is 0.815. The van der Waals surface area contributed by atoms with Gasteiger partial charge < -0.3 is 5.11 Å². The molecule has 4 nitrogen and oxygen atoms in total. The molecular weight excluding hydrogens is 314 g/mol. The van der Waals surface area contributed by atoms with Crippen LogP contribution < -0.4 is 0 Å². The average Bonchev–Trinajstić information content (AvgIpc) is 2.36. The van der Waals surface area contributed by atoms with Crippen molar-refractivity contribution < 1.29 is 31.1 Å². The highest BCUT2D eigenvalue weighted by molar-refractivity contribution is 7.89. The van der Waals surface area contributed by atoms with E-state index in [-0.39, 0.29) is 22.8 Å². The largest absolute Gasteiger partial charge is 0.402 e. The molecule has 21 heavy (non-hydrogen) atoms. The molecule has 0 radical (unpaired) electrons. The summed E-state index contributed by atoms with van der Waals surface area (Å²) >= 11 is 0. The number of nitrogens with zero attached hydrogens (tertiary/aromatic N) is 1. The fraction of sp³-hybridized carbons (Fsp3) is 0.500. The van der Waals surface area contributed by atoms with Gasteiger partial charge in [-0.05, 0) is 24.1 Å². The molecule has 1 aromatic carbocycles. The van der Waals surface area contributed by atoms with Crippen molar-refractivity contribution in [2.75, 3.05) is 13.1 Å². The predicted molar refractivity (Wildman–Crippen MR) is 67.4 cm³/mol. The summed E-state index contributed by atoms with van der Waals surface area (Å²) in [4.78, 5) is -0.836. The second-order valence-corrected chi connectivity index (χ2v) is 6.28. The number of hydrogen-bond acceptors (Lipinski definition) is 3. The molecular formula is C12H15F4NO3S. The molecule has 0 saturated carbocycles. The van der Waals surface area contributed by atoms with E-state index >= 15 is 0 Å². The standard InChI is InChI=1S/C12H15F4NO3S/c1-2-5-17(8-12(14,15)16)21(19,20)11-4-3-9(7-18)6-10(11)13/h3-4,6,18H,2,5,7-8H2,1H3. The summed E-state index contributed by atoms with van der Waals surface area (Å²) in [6.07, 6.45) is -4.56. The summed E-state index contributed by atoms with van der Waals surface area (Å²) in [7, 11) is -4.60. The number of benzene rings is 1. The zero-order valence-corrected chi connectivity index (χ0v) is 12.0. The fourth-order valence-corrected chi connectivity index (χ4v) is 3.29. The van der Waals surface area contributed by atoms with E-state index < -0.39 is 40.1 Å². The predicted octanol–water partition coefficient (Wildman–Crippen LogP) is 2.28. The normalized spacial score (nSPS) is 12.9. The van der Waals surface area contributed by atoms with Gasteiger partial charge in [0.05, 0.1) is 6.61 Å². The minimum atomic E-state index is -4.72. The van der Waals surface area contributed by atoms with Crippen molar-refractivity contribution in [3.63, 3.8) is 0 Å². The maximum absolute atomic E-state index is 13.8. The van der Waals surface area contributed by atoms with Crippen LogP contribution in [0.5, 0.6) is 0 Å². The average molecular weight is 329 g/mol. The second-order valence-electron chi connectivity index (χ2n) is 4.38. The van der Waals surface area contributed by atoms with Gasteiger partial charge in [0.15, 0.2) is 0 Å². The van der Waals surface area contributed by atoms with Crippen LogP contribution in [-0.2, 0) is 16.6 Å². The minimum Gasteiger partial charge on any atom is -0.392 e. The van der Waals surface area contributed by atoms with E-state index in [9.17, 15) is 26.0 Å². The molecule has 0 aliphatic carbocycles. The molecule has 9 heteroatoms. The van der Waals surface area contributed by atoms with Gasteiger partial charge in [-0.15, -0.1) is 0 Å². The van der Waals surface area contributed by atoms with Crippen molar-refractivity contribution in [2.24, 2.45) is 0 Å². The van der Waals surface area contributed by atoms with Gasteiger partial charge in [-0.2, -0.15) is 17.5 Å². The molecule has 0 unspecified atom stereocenters.